The third kappa shape index (κ3) is 4.10. The standard InChI is InChI=1S/C18H21N5O/c1-2-8-22-14-16(12-21-22)11-19-18(24)17-6-3-5-15(10-17)13-23-9-4-7-20-23/h3-7,9-10,12,14H,2,8,11,13H2,1H3,(H,19,24). The maximum atomic E-state index is 12.3. The molecule has 1 aromatic carbocycles. The van der Waals surface area contributed by atoms with Gasteiger partial charge < -0.3 is 5.32 Å². The van der Waals surface area contributed by atoms with Crippen molar-refractivity contribution in [1.29, 1.82) is 0 Å². The zero-order valence-corrected chi connectivity index (χ0v) is 13.7. The van der Waals surface area contributed by atoms with Crippen LogP contribution in [0.3, 0.4) is 0 Å². The van der Waals surface area contributed by atoms with Gasteiger partial charge in [-0.1, -0.05) is 19.1 Å². The number of nitrogens with zero attached hydrogens (tertiary/aromatic N) is 4. The topological polar surface area (TPSA) is 64.7 Å². The Hall–Kier alpha value is -2.89. The zero-order valence-electron chi connectivity index (χ0n) is 13.7. The molecule has 6 heteroatoms. The SMILES string of the molecule is CCCn1cc(CNC(=O)c2cccc(Cn3cccn3)c2)cn1. The quantitative estimate of drug-likeness (QED) is 0.726. The van der Waals surface area contributed by atoms with Crippen molar-refractivity contribution in [2.75, 3.05) is 0 Å². The summed E-state index contributed by atoms with van der Waals surface area (Å²) in [6, 6.07) is 9.50. The van der Waals surface area contributed by atoms with Crippen LogP contribution >= 0.6 is 0 Å². The lowest BCUT2D eigenvalue weighted by atomic mass is 10.1. The predicted molar refractivity (Wildman–Crippen MR) is 91.5 cm³/mol. The summed E-state index contributed by atoms with van der Waals surface area (Å²) in [7, 11) is 0. The number of aromatic nitrogens is 4. The largest absolute Gasteiger partial charge is 0.348 e. The van der Waals surface area contributed by atoms with Crippen molar-refractivity contribution < 1.29 is 4.79 Å². The Morgan fingerprint density at radius 3 is 2.88 bits per heavy atom. The van der Waals surface area contributed by atoms with Crippen LogP contribution in [-0.2, 0) is 19.6 Å². The van der Waals surface area contributed by atoms with Gasteiger partial charge >= 0.3 is 0 Å². The van der Waals surface area contributed by atoms with Gasteiger partial charge in [-0.05, 0) is 30.2 Å². The van der Waals surface area contributed by atoms with Crippen LogP contribution in [0.1, 0.15) is 34.8 Å². The summed E-state index contributed by atoms with van der Waals surface area (Å²) in [5.41, 5.74) is 2.70. The van der Waals surface area contributed by atoms with E-state index in [9.17, 15) is 4.79 Å². The van der Waals surface area contributed by atoms with E-state index in [0.717, 1.165) is 24.1 Å². The Morgan fingerprint density at radius 1 is 1.17 bits per heavy atom. The fourth-order valence-corrected chi connectivity index (χ4v) is 2.53. The first-order chi connectivity index (χ1) is 11.7. The molecule has 0 aliphatic carbocycles. The molecule has 0 saturated carbocycles. The average Bonchev–Trinajstić information content (AvgIpc) is 3.25. The fraction of sp³-hybridized carbons (Fsp3) is 0.278. The number of aryl methyl sites for hydroxylation is 1. The second kappa shape index (κ2) is 7.59. The lowest BCUT2D eigenvalue weighted by Gasteiger charge is -2.07. The molecule has 0 fully saturated rings. The van der Waals surface area contributed by atoms with Crippen LogP contribution in [0.5, 0.6) is 0 Å². The smallest absolute Gasteiger partial charge is 0.251 e. The third-order valence-electron chi connectivity index (χ3n) is 3.69. The Balaban J connectivity index is 1.60. The summed E-state index contributed by atoms with van der Waals surface area (Å²) in [5.74, 6) is -0.0828. The van der Waals surface area contributed by atoms with Crippen LogP contribution < -0.4 is 5.32 Å². The van der Waals surface area contributed by atoms with Crippen molar-refractivity contribution in [2.45, 2.75) is 33.0 Å². The van der Waals surface area contributed by atoms with E-state index in [1.54, 1.807) is 12.4 Å². The van der Waals surface area contributed by atoms with Crippen molar-refractivity contribution in [3.8, 4) is 0 Å². The van der Waals surface area contributed by atoms with Crippen molar-refractivity contribution in [2.24, 2.45) is 0 Å². The summed E-state index contributed by atoms with van der Waals surface area (Å²) in [5, 5.41) is 11.4. The highest BCUT2D eigenvalue weighted by molar-refractivity contribution is 5.94. The van der Waals surface area contributed by atoms with Gasteiger partial charge in [0.25, 0.3) is 5.91 Å². The van der Waals surface area contributed by atoms with E-state index < -0.39 is 0 Å². The van der Waals surface area contributed by atoms with E-state index in [0.29, 0.717) is 18.7 Å². The molecular weight excluding hydrogens is 302 g/mol. The Morgan fingerprint density at radius 2 is 2.08 bits per heavy atom. The number of hydrogen-bond acceptors (Lipinski definition) is 3. The summed E-state index contributed by atoms with van der Waals surface area (Å²) in [6.07, 6.45) is 8.45. The molecule has 1 N–H and O–H groups in total. The molecule has 2 aromatic heterocycles. The Bertz CT molecular complexity index is 791. The lowest BCUT2D eigenvalue weighted by Crippen LogP contribution is -2.22. The zero-order chi connectivity index (χ0) is 16.8. The molecule has 0 radical (unpaired) electrons. The molecule has 0 bridgehead atoms. The average molecular weight is 323 g/mol. The second-order valence-electron chi connectivity index (χ2n) is 5.70. The molecule has 124 valence electrons. The summed E-state index contributed by atoms with van der Waals surface area (Å²) >= 11 is 0. The van der Waals surface area contributed by atoms with Crippen LogP contribution in [0.2, 0.25) is 0 Å². The van der Waals surface area contributed by atoms with Crippen LogP contribution in [0.15, 0.2) is 55.1 Å². The molecule has 0 spiro atoms. The fourth-order valence-electron chi connectivity index (χ4n) is 2.53. The minimum absolute atomic E-state index is 0.0828. The van der Waals surface area contributed by atoms with Crippen LogP contribution in [0.4, 0.5) is 0 Å². The Labute approximate surface area is 141 Å². The first-order valence-corrected chi connectivity index (χ1v) is 8.10. The van der Waals surface area contributed by atoms with Gasteiger partial charge in [-0.15, -0.1) is 0 Å². The lowest BCUT2D eigenvalue weighted by molar-refractivity contribution is 0.0951. The van der Waals surface area contributed by atoms with E-state index in [1.807, 2.05) is 52.1 Å². The number of nitrogens with one attached hydrogen (secondary N) is 1. The van der Waals surface area contributed by atoms with Gasteiger partial charge in [0.2, 0.25) is 0 Å². The number of hydrogen-bond donors (Lipinski definition) is 1. The van der Waals surface area contributed by atoms with Crippen molar-refractivity contribution >= 4 is 5.91 Å². The summed E-state index contributed by atoms with van der Waals surface area (Å²) < 4.78 is 3.73. The molecular formula is C18H21N5O. The molecule has 3 rings (SSSR count). The minimum atomic E-state index is -0.0828. The number of carbonyl (C=O) groups excluding carboxylic acids is 1. The molecule has 1 amide bonds. The molecule has 0 aliphatic rings. The number of benzene rings is 1. The van der Waals surface area contributed by atoms with Gasteiger partial charge in [0.15, 0.2) is 0 Å². The molecule has 0 saturated heterocycles. The number of carbonyl (C=O) groups is 1. The Kier molecular flexibility index (Phi) is 5.05. The van der Waals surface area contributed by atoms with Crippen molar-refractivity contribution in [1.82, 2.24) is 24.9 Å². The monoisotopic (exact) mass is 323 g/mol. The predicted octanol–water partition coefficient (Wildman–Crippen LogP) is 2.47. The molecule has 0 atom stereocenters. The first kappa shape index (κ1) is 16.0. The third-order valence-corrected chi connectivity index (χ3v) is 3.69. The normalized spacial score (nSPS) is 10.7. The molecule has 0 unspecified atom stereocenters. The highest BCUT2D eigenvalue weighted by Crippen LogP contribution is 2.08. The maximum absolute atomic E-state index is 12.3. The van der Waals surface area contributed by atoms with Gasteiger partial charge in [0.1, 0.15) is 0 Å². The number of amides is 1. The molecule has 6 nitrogen and oxygen atoms in total. The van der Waals surface area contributed by atoms with Crippen molar-refractivity contribution in [3.05, 3.63) is 71.8 Å². The number of rotatable bonds is 7. The summed E-state index contributed by atoms with van der Waals surface area (Å²) in [6.45, 7) is 4.13. The van der Waals surface area contributed by atoms with Gasteiger partial charge in [0, 0.05) is 42.8 Å². The van der Waals surface area contributed by atoms with Gasteiger partial charge in [0.05, 0.1) is 12.7 Å². The maximum Gasteiger partial charge on any atom is 0.251 e. The first-order valence-electron chi connectivity index (χ1n) is 8.10. The van der Waals surface area contributed by atoms with Gasteiger partial charge in [-0.3, -0.25) is 14.2 Å². The molecule has 0 aliphatic heterocycles. The second-order valence-corrected chi connectivity index (χ2v) is 5.70. The van der Waals surface area contributed by atoms with Crippen LogP contribution in [0, 0.1) is 0 Å². The molecule has 3 aromatic rings. The highest BCUT2D eigenvalue weighted by atomic mass is 16.1. The van der Waals surface area contributed by atoms with Gasteiger partial charge in [-0.25, -0.2) is 0 Å². The van der Waals surface area contributed by atoms with Gasteiger partial charge in [-0.2, -0.15) is 10.2 Å². The van der Waals surface area contributed by atoms with E-state index in [4.69, 9.17) is 0 Å². The van der Waals surface area contributed by atoms with Crippen LogP contribution in [0.25, 0.3) is 0 Å². The van der Waals surface area contributed by atoms with E-state index >= 15 is 0 Å². The van der Waals surface area contributed by atoms with Crippen LogP contribution in [-0.4, -0.2) is 25.5 Å². The van der Waals surface area contributed by atoms with E-state index in [1.165, 1.54) is 0 Å². The minimum Gasteiger partial charge on any atom is -0.348 e. The molecule has 24 heavy (non-hydrogen) atoms. The summed E-state index contributed by atoms with van der Waals surface area (Å²) in [4.78, 5) is 12.3. The highest BCUT2D eigenvalue weighted by Gasteiger charge is 2.07. The molecule has 2 heterocycles. The van der Waals surface area contributed by atoms with E-state index in [2.05, 4.69) is 22.4 Å². The van der Waals surface area contributed by atoms with E-state index in [-0.39, 0.29) is 5.91 Å². The van der Waals surface area contributed by atoms with Crippen molar-refractivity contribution in [3.63, 3.8) is 0 Å².